The number of carbonyl (C=O) groups is 1. The summed E-state index contributed by atoms with van der Waals surface area (Å²) >= 11 is 0. The zero-order valence-electron chi connectivity index (χ0n) is 12.7. The Morgan fingerprint density at radius 3 is 1.89 bits per heavy atom. The first-order valence-corrected chi connectivity index (χ1v) is 6.53. The predicted molar refractivity (Wildman–Crippen MR) is 80.1 cm³/mol. The Bertz CT molecular complexity index is 433. The van der Waals surface area contributed by atoms with Gasteiger partial charge in [0.05, 0.1) is 6.54 Å². The fourth-order valence-corrected chi connectivity index (χ4v) is 1.51. The van der Waals surface area contributed by atoms with Crippen molar-refractivity contribution in [2.24, 2.45) is 25.8 Å². The summed E-state index contributed by atoms with van der Waals surface area (Å²) in [5, 5.41) is 2.70. The lowest BCUT2D eigenvalue weighted by molar-refractivity contribution is -0.117. The van der Waals surface area contributed by atoms with Gasteiger partial charge >= 0.3 is 0 Å². The molecule has 5 nitrogen and oxygen atoms in total. The summed E-state index contributed by atoms with van der Waals surface area (Å²) in [5.41, 5.74) is 0.110. The molecule has 0 aliphatic carbocycles. The number of amides is 1. The Balaban J connectivity index is 0.000000191. The maximum atomic E-state index is 10.7. The van der Waals surface area contributed by atoms with Crippen LogP contribution in [-0.2, 0) is 4.79 Å². The van der Waals surface area contributed by atoms with Crippen LogP contribution >= 0.6 is 0 Å². The first kappa shape index (κ1) is 15.5. The Morgan fingerprint density at radius 2 is 1.68 bits per heavy atom. The second-order valence-corrected chi connectivity index (χ2v) is 6.69. The van der Waals surface area contributed by atoms with Crippen molar-refractivity contribution in [2.45, 2.75) is 41.5 Å². The molecule has 106 valence electrons. The maximum absolute atomic E-state index is 10.7. The van der Waals surface area contributed by atoms with Crippen molar-refractivity contribution in [3.05, 3.63) is 0 Å². The van der Waals surface area contributed by atoms with Gasteiger partial charge in [0.15, 0.2) is 0 Å². The second-order valence-electron chi connectivity index (χ2n) is 6.69. The Kier molecular flexibility index (Phi) is 4.61. The number of rotatable bonds is 0. The SMILES string of the molecule is CC(C)(C)C1=NCC(=O)N1.CC(C)(C)C1=NCC=N1. The number of hydrogen-bond acceptors (Lipinski definition) is 4. The van der Waals surface area contributed by atoms with E-state index in [1.54, 1.807) is 0 Å². The highest BCUT2D eigenvalue weighted by molar-refractivity contribution is 6.06. The maximum Gasteiger partial charge on any atom is 0.247 e. The topological polar surface area (TPSA) is 66.2 Å². The predicted octanol–water partition coefficient (Wildman–Crippen LogP) is 2.08. The molecule has 2 heterocycles. The standard InChI is InChI=1S/C7H12N2O.C7H12N2/c1-7(2,3)6-8-4-5(10)9-6;1-7(2,3)6-8-4-5-9-6/h4H2,1-3H3,(H,8,9,10);4H,5H2,1-3H3. The van der Waals surface area contributed by atoms with Gasteiger partial charge in [-0.25, -0.2) is 4.99 Å². The first-order valence-electron chi connectivity index (χ1n) is 6.53. The molecule has 0 saturated heterocycles. The van der Waals surface area contributed by atoms with Crippen molar-refractivity contribution in [1.82, 2.24) is 5.32 Å². The van der Waals surface area contributed by atoms with E-state index in [0.717, 1.165) is 18.2 Å². The van der Waals surface area contributed by atoms with Crippen LogP contribution in [0.5, 0.6) is 0 Å². The van der Waals surface area contributed by atoms with E-state index in [0.29, 0.717) is 6.54 Å². The summed E-state index contributed by atoms with van der Waals surface area (Å²) in [6.07, 6.45) is 1.85. The molecule has 0 aromatic carbocycles. The molecular formula is C14H24N4O. The lowest BCUT2D eigenvalue weighted by Crippen LogP contribution is -2.34. The molecule has 0 radical (unpaired) electrons. The molecule has 0 aromatic rings. The molecule has 1 N–H and O–H groups in total. The van der Waals surface area contributed by atoms with Gasteiger partial charge < -0.3 is 5.32 Å². The monoisotopic (exact) mass is 264 g/mol. The molecule has 19 heavy (non-hydrogen) atoms. The lowest BCUT2D eigenvalue weighted by atomic mass is 9.95. The van der Waals surface area contributed by atoms with Gasteiger partial charge in [0.2, 0.25) is 5.91 Å². The molecule has 2 rings (SSSR count). The van der Waals surface area contributed by atoms with E-state index in [9.17, 15) is 4.79 Å². The minimum atomic E-state index is -0.0217. The molecule has 1 amide bonds. The van der Waals surface area contributed by atoms with Crippen LogP contribution < -0.4 is 5.32 Å². The molecular weight excluding hydrogens is 240 g/mol. The van der Waals surface area contributed by atoms with Gasteiger partial charge in [-0.2, -0.15) is 0 Å². The molecule has 2 aliphatic heterocycles. The van der Waals surface area contributed by atoms with Gasteiger partial charge in [-0.1, -0.05) is 41.5 Å². The van der Waals surface area contributed by atoms with Crippen molar-refractivity contribution in [3.63, 3.8) is 0 Å². The zero-order chi connectivity index (χ0) is 14.7. The number of nitrogens with zero attached hydrogens (tertiary/aromatic N) is 3. The molecule has 0 spiro atoms. The van der Waals surface area contributed by atoms with Crippen molar-refractivity contribution in [1.29, 1.82) is 0 Å². The van der Waals surface area contributed by atoms with Crippen LogP contribution in [-0.4, -0.2) is 36.9 Å². The first-order chi connectivity index (χ1) is 8.60. The quantitative estimate of drug-likeness (QED) is 0.715. The third-order valence-electron chi connectivity index (χ3n) is 2.56. The zero-order valence-corrected chi connectivity index (χ0v) is 12.7. The van der Waals surface area contributed by atoms with Crippen molar-refractivity contribution in [3.8, 4) is 0 Å². The van der Waals surface area contributed by atoms with Gasteiger partial charge in [0, 0.05) is 17.0 Å². The van der Waals surface area contributed by atoms with Crippen LogP contribution in [0.1, 0.15) is 41.5 Å². The number of nitrogens with one attached hydrogen (secondary N) is 1. The lowest BCUT2D eigenvalue weighted by Gasteiger charge is -2.17. The third-order valence-corrected chi connectivity index (χ3v) is 2.56. The second kappa shape index (κ2) is 5.63. The fraction of sp³-hybridized carbons (Fsp3) is 0.714. The molecule has 0 saturated carbocycles. The van der Waals surface area contributed by atoms with Crippen LogP contribution in [0.4, 0.5) is 0 Å². The van der Waals surface area contributed by atoms with Gasteiger partial charge in [0.25, 0.3) is 0 Å². The number of carbonyl (C=O) groups excluding carboxylic acids is 1. The molecule has 0 bridgehead atoms. The molecule has 0 aromatic heterocycles. The van der Waals surface area contributed by atoms with E-state index in [1.165, 1.54) is 0 Å². The molecule has 0 unspecified atom stereocenters. The fourth-order valence-electron chi connectivity index (χ4n) is 1.51. The largest absolute Gasteiger partial charge is 0.312 e. The van der Waals surface area contributed by atoms with E-state index >= 15 is 0 Å². The molecule has 2 aliphatic rings. The van der Waals surface area contributed by atoms with Gasteiger partial charge in [-0.05, 0) is 0 Å². The molecule has 0 atom stereocenters. The summed E-state index contributed by atoms with van der Waals surface area (Å²) < 4.78 is 0. The number of hydrogen-bond donors (Lipinski definition) is 1. The molecule has 0 fully saturated rings. The highest BCUT2D eigenvalue weighted by Gasteiger charge is 2.24. The van der Waals surface area contributed by atoms with Gasteiger partial charge in [0.1, 0.15) is 18.2 Å². The smallest absolute Gasteiger partial charge is 0.247 e. The van der Waals surface area contributed by atoms with E-state index in [-0.39, 0.29) is 16.7 Å². The van der Waals surface area contributed by atoms with Crippen LogP contribution in [0.15, 0.2) is 15.0 Å². The van der Waals surface area contributed by atoms with Crippen LogP contribution in [0.2, 0.25) is 0 Å². The van der Waals surface area contributed by atoms with Gasteiger partial charge in [-0.3, -0.25) is 14.8 Å². The Morgan fingerprint density at radius 1 is 1.05 bits per heavy atom. The highest BCUT2D eigenvalue weighted by Crippen LogP contribution is 2.18. The average Bonchev–Trinajstić information content (AvgIpc) is 2.84. The Labute approximate surface area is 115 Å². The van der Waals surface area contributed by atoms with Crippen LogP contribution in [0.25, 0.3) is 0 Å². The van der Waals surface area contributed by atoms with Crippen molar-refractivity contribution < 1.29 is 4.79 Å². The van der Waals surface area contributed by atoms with E-state index in [4.69, 9.17) is 0 Å². The summed E-state index contributed by atoms with van der Waals surface area (Å²) in [7, 11) is 0. The van der Waals surface area contributed by atoms with Gasteiger partial charge in [-0.15, -0.1) is 0 Å². The van der Waals surface area contributed by atoms with E-state index in [1.807, 2.05) is 27.0 Å². The number of aliphatic imine (C=N–C) groups is 3. The summed E-state index contributed by atoms with van der Waals surface area (Å²) in [5.74, 6) is 1.78. The average molecular weight is 264 g/mol. The number of amidine groups is 2. The minimum Gasteiger partial charge on any atom is -0.312 e. The van der Waals surface area contributed by atoms with E-state index in [2.05, 4.69) is 41.1 Å². The molecule has 5 heteroatoms. The van der Waals surface area contributed by atoms with Crippen LogP contribution in [0, 0.1) is 10.8 Å². The summed E-state index contributed by atoms with van der Waals surface area (Å²) in [6, 6.07) is 0. The van der Waals surface area contributed by atoms with E-state index < -0.39 is 0 Å². The third kappa shape index (κ3) is 4.93. The van der Waals surface area contributed by atoms with Crippen molar-refractivity contribution >= 4 is 23.8 Å². The minimum absolute atomic E-state index is 0.00456. The van der Waals surface area contributed by atoms with Crippen molar-refractivity contribution in [2.75, 3.05) is 13.1 Å². The Hall–Kier alpha value is -1.52. The summed E-state index contributed by atoms with van der Waals surface area (Å²) in [6.45, 7) is 13.5. The summed E-state index contributed by atoms with van der Waals surface area (Å²) in [4.78, 5) is 23.1. The highest BCUT2D eigenvalue weighted by atomic mass is 16.2. The normalized spacial score (nSPS) is 18.5. The van der Waals surface area contributed by atoms with Crippen LogP contribution in [0.3, 0.4) is 0 Å².